The van der Waals surface area contributed by atoms with Gasteiger partial charge in [0.25, 0.3) is 0 Å². The molecule has 0 aliphatic carbocycles. The highest BCUT2D eigenvalue weighted by atomic mass is 32.2. The number of hydrogen-bond acceptors (Lipinski definition) is 5. The number of hydrogen-bond donors (Lipinski definition) is 1. The molecule has 1 aromatic carbocycles. The highest BCUT2D eigenvalue weighted by molar-refractivity contribution is 7.99. The number of anilines is 1. The van der Waals surface area contributed by atoms with E-state index in [0.29, 0.717) is 0 Å². The summed E-state index contributed by atoms with van der Waals surface area (Å²) in [5.74, 6) is 1.81. The van der Waals surface area contributed by atoms with Crippen molar-refractivity contribution in [2.24, 2.45) is 0 Å². The van der Waals surface area contributed by atoms with E-state index in [1.807, 2.05) is 49.6 Å². The van der Waals surface area contributed by atoms with E-state index in [2.05, 4.69) is 22.4 Å². The van der Waals surface area contributed by atoms with Crippen molar-refractivity contribution in [3.63, 3.8) is 0 Å². The molecule has 0 unspecified atom stereocenters. The number of aryl methyl sites for hydroxylation is 3. The molecule has 0 fully saturated rings. The number of amides is 1. The number of carbonyl (C=O) groups excluding carboxylic acids is 1. The Hall–Kier alpha value is -2.54. The van der Waals surface area contributed by atoms with E-state index in [9.17, 15) is 4.79 Å². The minimum absolute atomic E-state index is 0.0548. The lowest BCUT2D eigenvalue weighted by Gasteiger charge is -2.10. The average Bonchev–Trinajstić information content (AvgIpc) is 3.22. The number of benzene rings is 1. The molecule has 0 saturated carbocycles. The van der Waals surface area contributed by atoms with Crippen LogP contribution in [0.15, 0.2) is 40.1 Å². The summed E-state index contributed by atoms with van der Waals surface area (Å²) in [6.45, 7) is 8.79. The van der Waals surface area contributed by atoms with E-state index in [1.165, 1.54) is 11.8 Å². The molecule has 1 amide bonds. The predicted octanol–water partition coefficient (Wildman–Crippen LogP) is 4.60. The number of carbonyl (C=O) groups is 1. The Labute approximate surface area is 163 Å². The third-order valence-electron chi connectivity index (χ3n) is 4.26. The molecule has 2 aromatic heterocycles. The van der Waals surface area contributed by atoms with Gasteiger partial charge in [0, 0.05) is 12.2 Å². The lowest BCUT2D eigenvalue weighted by Crippen LogP contribution is -2.15. The van der Waals surface area contributed by atoms with Crippen LogP contribution in [0, 0.1) is 20.8 Å². The van der Waals surface area contributed by atoms with Crippen LogP contribution in [0.2, 0.25) is 0 Å². The van der Waals surface area contributed by atoms with Crippen LogP contribution < -0.4 is 5.32 Å². The quantitative estimate of drug-likeness (QED) is 0.603. The van der Waals surface area contributed by atoms with Gasteiger partial charge in [0.15, 0.2) is 11.0 Å². The second-order valence-electron chi connectivity index (χ2n) is 6.50. The monoisotopic (exact) mass is 384 g/mol. The summed E-state index contributed by atoms with van der Waals surface area (Å²) in [6.07, 6.45) is 2.60. The zero-order valence-electron chi connectivity index (χ0n) is 16.1. The molecule has 1 N–H and O–H groups in total. The Morgan fingerprint density at radius 3 is 2.74 bits per heavy atom. The minimum Gasteiger partial charge on any atom is -0.469 e. The van der Waals surface area contributed by atoms with E-state index in [4.69, 9.17) is 4.42 Å². The van der Waals surface area contributed by atoms with E-state index in [1.54, 1.807) is 6.26 Å². The van der Waals surface area contributed by atoms with Gasteiger partial charge in [-0.2, -0.15) is 0 Å². The standard InChI is InChI=1S/C20H24N4O2S/c1-5-9-24-19(16-8-10-26-15(16)4)22-23-20(24)27-12-18(25)21-17-11-13(2)6-7-14(17)3/h6-8,10-11H,5,9,12H2,1-4H3,(H,21,25). The summed E-state index contributed by atoms with van der Waals surface area (Å²) in [5.41, 5.74) is 3.95. The molecular weight excluding hydrogens is 360 g/mol. The fourth-order valence-corrected chi connectivity index (χ4v) is 3.59. The molecule has 0 saturated heterocycles. The minimum atomic E-state index is -0.0548. The van der Waals surface area contributed by atoms with Crippen molar-refractivity contribution in [1.82, 2.24) is 14.8 Å². The van der Waals surface area contributed by atoms with Gasteiger partial charge < -0.3 is 14.3 Å². The lowest BCUT2D eigenvalue weighted by molar-refractivity contribution is -0.113. The number of nitrogens with one attached hydrogen (secondary N) is 1. The summed E-state index contributed by atoms with van der Waals surface area (Å²) in [6, 6.07) is 7.92. The van der Waals surface area contributed by atoms with Crippen molar-refractivity contribution in [2.45, 2.75) is 45.8 Å². The summed E-state index contributed by atoms with van der Waals surface area (Å²) in [5, 5.41) is 12.3. The highest BCUT2D eigenvalue weighted by Crippen LogP contribution is 2.27. The maximum atomic E-state index is 12.4. The van der Waals surface area contributed by atoms with Crippen molar-refractivity contribution in [3.8, 4) is 11.4 Å². The van der Waals surface area contributed by atoms with Crippen molar-refractivity contribution < 1.29 is 9.21 Å². The third-order valence-corrected chi connectivity index (χ3v) is 5.23. The van der Waals surface area contributed by atoms with Crippen LogP contribution in [0.3, 0.4) is 0 Å². The van der Waals surface area contributed by atoms with Crippen molar-refractivity contribution in [2.75, 3.05) is 11.1 Å². The Balaban J connectivity index is 1.72. The van der Waals surface area contributed by atoms with Crippen molar-refractivity contribution in [3.05, 3.63) is 47.4 Å². The fourth-order valence-electron chi connectivity index (χ4n) is 2.82. The number of rotatable bonds is 7. The first-order valence-electron chi connectivity index (χ1n) is 8.97. The van der Waals surface area contributed by atoms with Gasteiger partial charge in [0.2, 0.25) is 5.91 Å². The van der Waals surface area contributed by atoms with Crippen LogP contribution in [-0.2, 0) is 11.3 Å². The Kier molecular flexibility index (Phi) is 6.01. The number of aromatic nitrogens is 3. The molecule has 3 rings (SSSR count). The molecule has 2 heterocycles. The van der Waals surface area contributed by atoms with Gasteiger partial charge in [0.05, 0.1) is 17.6 Å². The molecule has 142 valence electrons. The smallest absolute Gasteiger partial charge is 0.234 e. The molecule has 3 aromatic rings. The van der Waals surface area contributed by atoms with Crippen molar-refractivity contribution >= 4 is 23.4 Å². The first-order chi connectivity index (χ1) is 13.0. The van der Waals surface area contributed by atoms with E-state index < -0.39 is 0 Å². The van der Waals surface area contributed by atoms with Crippen LogP contribution in [0.1, 0.15) is 30.2 Å². The topological polar surface area (TPSA) is 73.0 Å². The zero-order valence-corrected chi connectivity index (χ0v) is 16.9. The van der Waals surface area contributed by atoms with Crippen LogP contribution >= 0.6 is 11.8 Å². The highest BCUT2D eigenvalue weighted by Gasteiger charge is 2.18. The third kappa shape index (κ3) is 4.42. The number of nitrogens with zero attached hydrogens (tertiary/aromatic N) is 3. The number of thioether (sulfide) groups is 1. The van der Waals surface area contributed by atoms with Crippen molar-refractivity contribution in [1.29, 1.82) is 0 Å². The van der Waals surface area contributed by atoms with Crippen LogP contribution in [0.4, 0.5) is 5.69 Å². The van der Waals surface area contributed by atoms with Gasteiger partial charge in [-0.3, -0.25) is 4.79 Å². The molecule has 6 nitrogen and oxygen atoms in total. The maximum absolute atomic E-state index is 12.4. The summed E-state index contributed by atoms with van der Waals surface area (Å²) < 4.78 is 7.44. The Bertz CT molecular complexity index is 945. The second-order valence-corrected chi connectivity index (χ2v) is 7.45. The summed E-state index contributed by atoms with van der Waals surface area (Å²) >= 11 is 1.40. The first-order valence-corrected chi connectivity index (χ1v) is 9.95. The maximum Gasteiger partial charge on any atom is 0.234 e. The SMILES string of the molecule is CCCn1c(SCC(=O)Nc2cc(C)ccc2C)nnc1-c1ccoc1C. The van der Waals surface area contributed by atoms with Gasteiger partial charge in [-0.1, -0.05) is 30.8 Å². The predicted molar refractivity (Wildman–Crippen MR) is 108 cm³/mol. The van der Waals surface area contributed by atoms with Gasteiger partial charge >= 0.3 is 0 Å². The Morgan fingerprint density at radius 1 is 1.22 bits per heavy atom. The second kappa shape index (κ2) is 8.43. The zero-order chi connectivity index (χ0) is 19.4. The molecule has 0 aliphatic heterocycles. The fraction of sp³-hybridized carbons (Fsp3) is 0.350. The van der Waals surface area contributed by atoms with E-state index >= 15 is 0 Å². The van der Waals surface area contributed by atoms with Crippen LogP contribution in [-0.4, -0.2) is 26.4 Å². The lowest BCUT2D eigenvalue weighted by atomic mass is 10.1. The largest absolute Gasteiger partial charge is 0.469 e. The normalized spacial score (nSPS) is 11.0. The average molecular weight is 385 g/mol. The molecule has 0 radical (unpaired) electrons. The molecule has 7 heteroatoms. The van der Waals surface area contributed by atoms with E-state index in [-0.39, 0.29) is 11.7 Å². The van der Waals surface area contributed by atoms with Crippen LogP contribution in [0.25, 0.3) is 11.4 Å². The van der Waals surface area contributed by atoms with Gasteiger partial charge in [-0.05, 0) is 50.5 Å². The summed E-state index contributed by atoms with van der Waals surface area (Å²) in [4.78, 5) is 12.4. The van der Waals surface area contributed by atoms with Gasteiger partial charge in [-0.25, -0.2) is 0 Å². The molecule has 0 bridgehead atoms. The summed E-state index contributed by atoms with van der Waals surface area (Å²) in [7, 11) is 0. The first kappa shape index (κ1) is 19.2. The molecule has 0 atom stereocenters. The number of furan rings is 1. The molecule has 27 heavy (non-hydrogen) atoms. The Morgan fingerprint density at radius 2 is 2.04 bits per heavy atom. The van der Waals surface area contributed by atoms with Gasteiger partial charge in [-0.15, -0.1) is 10.2 Å². The molecule has 0 spiro atoms. The van der Waals surface area contributed by atoms with E-state index in [0.717, 1.165) is 52.1 Å². The molecular formula is C20H24N4O2S. The van der Waals surface area contributed by atoms with Crippen LogP contribution in [0.5, 0.6) is 0 Å². The van der Waals surface area contributed by atoms with Gasteiger partial charge in [0.1, 0.15) is 5.76 Å². The molecule has 0 aliphatic rings.